The van der Waals surface area contributed by atoms with Crippen LogP contribution in [-0.2, 0) is 6.18 Å². The topological polar surface area (TPSA) is 36.4 Å². The van der Waals surface area contributed by atoms with Gasteiger partial charge in [0, 0.05) is 12.2 Å². The number of nitrogens with zero attached hydrogens (tertiary/aromatic N) is 1. The lowest BCUT2D eigenvalue weighted by atomic mass is 10.2. The van der Waals surface area contributed by atoms with E-state index in [-0.39, 0.29) is 12.4 Å². The van der Waals surface area contributed by atoms with Crippen molar-refractivity contribution in [3.05, 3.63) is 29.8 Å². The Morgan fingerprint density at radius 3 is 2.65 bits per heavy atom. The van der Waals surface area contributed by atoms with Gasteiger partial charge in [-0.1, -0.05) is 6.07 Å². The maximum atomic E-state index is 12.4. The van der Waals surface area contributed by atoms with E-state index in [0.29, 0.717) is 24.7 Å². The van der Waals surface area contributed by atoms with E-state index in [2.05, 4.69) is 15.6 Å². The Labute approximate surface area is 103 Å². The van der Waals surface area contributed by atoms with Crippen molar-refractivity contribution < 1.29 is 13.2 Å². The molecule has 0 spiro atoms. The van der Waals surface area contributed by atoms with Crippen LogP contribution in [0.15, 0.2) is 29.3 Å². The second kappa shape index (κ2) is 5.27. The number of aliphatic imine (C=N–C) groups is 1. The molecule has 1 aromatic rings. The minimum absolute atomic E-state index is 0. The highest BCUT2D eigenvalue weighted by Gasteiger charge is 2.30. The zero-order valence-corrected chi connectivity index (χ0v) is 9.53. The van der Waals surface area contributed by atoms with Crippen LogP contribution in [0.4, 0.5) is 18.9 Å². The molecule has 3 nitrogen and oxygen atoms in total. The van der Waals surface area contributed by atoms with Crippen molar-refractivity contribution in [2.75, 3.05) is 18.4 Å². The maximum absolute atomic E-state index is 12.4. The fourth-order valence-corrected chi connectivity index (χ4v) is 1.39. The normalized spacial score (nSPS) is 14.6. The fourth-order valence-electron chi connectivity index (χ4n) is 1.39. The third-order valence-electron chi connectivity index (χ3n) is 2.13. The molecule has 0 saturated carbocycles. The summed E-state index contributed by atoms with van der Waals surface area (Å²) in [7, 11) is 0. The lowest BCUT2D eigenvalue weighted by molar-refractivity contribution is -0.137. The van der Waals surface area contributed by atoms with E-state index in [1.54, 1.807) is 6.07 Å². The van der Waals surface area contributed by atoms with Crippen LogP contribution < -0.4 is 10.6 Å². The molecule has 0 atom stereocenters. The molecular weight excluding hydrogens is 255 g/mol. The molecule has 2 rings (SSSR count). The van der Waals surface area contributed by atoms with Gasteiger partial charge in [-0.15, -0.1) is 12.4 Å². The Morgan fingerprint density at radius 2 is 2.06 bits per heavy atom. The zero-order chi connectivity index (χ0) is 11.6. The molecule has 1 aromatic carbocycles. The maximum Gasteiger partial charge on any atom is 0.416 e. The highest BCUT2D eigenvalue weighted by molar-refractivity contribution is 5.94. The number of hydrogen-bond acceptors (Lipinski definition) is 3. The van der Waals surface area contributed by atoms with Crippen LogP contribution in [0.3, 0.4) is 0 Å². The van der Waals surface area contributed by atoms with Gasteiger partial charge in [-0.25, -0.2) is 0 Å². The third kappa shape index (κ3) is 3.52. The number of guanidine groups is 1. The highest BCUT2D eigenvalue weighted by atomic mass is 35.5. The van der Waals surface area contributed by atoms with Crippen LogP contribution in [0.25, 0.3) is 0 Å². The quantitative estimate of drug-likeness (QED) is 0.819. The summed E-state index contributed by atoms with van der Waals surface area (Å²) >= 11 is 0. The molecule has 0 unspecified atom stereocenters. The fraction of sp³-hybridized carbons (Fsp3) is 0.300. The summed E-state index contributed by atoms with van der Waals surface area (Å²) in [5.74, 6) is 0.513. The minimum atomic E-state index is -4.32. The summed E-state index contributed by atoms with van der Waals surface area (Å²) in [6.45, 7) is 1.35. The lowest BCUT2D eigenvalue weighted by Crippen LogP contribution is -2.26. The zero-order valence-electron chi connectivity index (χ0n) is 8.71. The van der Waals surface area contributed by atoms with Gasteiger partial charge in [0.1, 0.15) is 0 Å². The molecule has 1 aliphatic rings. The third-order valence-corrected chi connectivity index (χ3v) is 2.13. The Kier molecular flexibility index (Phi) is 4.22. The van der Waals surface area contributed by atoms with Crippen molar-refractivity contribution in [3.8, 4) is 0 Å². The lowest BCUT2D eigenvalue weighted by Gasteiger charge is -2.10. The monoisotopic (exact) mass is 265 g/mol. The molecule has 2 N–H and O–H groups in total. The van der Waals surface area contributed by atoms with Crippen molar-refractivity contribution in [3.63, 3.8) is 0 Å². The second-order valence-corrected chi connectivity index (χ2v) is 3.36. The summed E-state index contributed by atoms with van der Waals surface area (Å²) in [5.41, 5.74) is -0.293. The van der Waals surface area contributed by atoms with E-state index >= 15 is 0 Å². The molecular formula is C10H11ClF3N3. The molecule has 0 aromatic heterocycles. The Morgan fingerprint density at radius 1 is 1.29 bits per heavy atom. The first kappa shape index (κ1) is 13.6. The molecule has 0 fully saturated rings. The SMILES string of the molecule is Cl.FC(F)(F)c1cccc(NC2=NCCN2)c1. The molecule has 0 amide bonds. The van der Waals surface area contributed by atoms with E-state index in [9.17, 15) is 13.2 Å². The molecule has 1 aliphatic heterocycles. The largest absolute Gasteiger partial charge is 0.416 e. The summed E-state index contributed by atoms with van der Waals surface area (Å²) in [5, 5.41) is 5.71. The molecule has 0 saturated heterocycles. The summed E-state index contributed by atoms with van der Waals surface area (Å²) in [6.07, 6.45) is -4.32. The van der Waals surface area contributed by atoms with Crippen molar-refractivity contribution in [2.24, 2.45) is 4.99 Å². The van der Waals surface area contributed by atoms with Crippen molar-refractivity contribution >= 4 is 24.1 Å². The van der Waals surface area contributed by atoms with E-state index in [1.807, 2.05) is 0 Å². The van der Waals surface area contributed by atoms with Gasteiger partial charge in [-0.2, -0.15) is 13.2 Å². The number of halogens is 4. The molecule has 7 heteroatoms. The first-order chi connectivity index (χ1) is 7.55. The first-order valence-corrected chi connectivity index (χ1v) is 4.78. The predicted octanol–water partition coefficient (Wildman–Crippen LogP) is 2.50. The Balaban J connectivity index is 0.00000144. The van der Waals surface area contributed by atoms with Crippen LogP contribution in [0.5, 0.6) is 0 Å². The number of hydrogen-bond donors (Lipinski definition) is 2. The molecule has 94 valence electrons. The summed E-state index contributed by atoms with van der Waals surface area (Å²) in [4.78, 5) is 4.04. The molecule has 17 heavy (non-hydrogen) atoms. The van der Waals surface area contributed by atoms with Crippen molar-refractivity contribution in [2.45, 2.75) is 6.18 Å². The molecule has 1 heterocycles. The van der Waals surface area contributed by atoms with E-state index < -0.39 is 11.7 Å². The highest BCUT2D eigenvalue weighted by Crippen LogP contribution is 2.30. The second-order valence-electron chi connectivity index (χ2n) is 3.36. The van der Waals surface area contributed by atoms with Gasteiger partial charge >= 0.3 is 6.18 Å². The average Bonchev–Trinajstić information content (AvgIpc) is 2.70. The van der Waals surface area contributed by atoms with Gasteiger partial charge in [0.25, 0.3) is 0 Å². The standard InChI is InChI=1S/C10H10F3N3.ClH/c11-10(12,13)7-2-1-3-8(6-7)16-9-14-4-5-15-9;/h1-3,6H,4-5H2,(H2,14,15,16);1H. The number of anilines is 1. The molecule has 0 aliphatic carbocycles. The van der Waals surface area contributed by atoms with Gasteiger partial charge in [0.15, 0.2) is 5.96 Å². The van der Waals surface area contributed by atoms with Crippen LogP contribution in [0.1, 0.15) is 5.56 Å². The van der Waals surface area contributed by atoms with Crippen molar-refractivity contribution in [1.82, 2.24) is 5.32 Å². The number of alkyl halides is 3. The van der Waals surface area contributed by atoms with Gasteiger partial charge in [0.2, 0.25) is 0 Å². The molecule has 0 radical (unpaired) electrons. The number of nitrogens with one attached hydrogen (secondary N) is 2. The first-order valence-electron chi connectivity index (χ1n) is 4.78. The predicted molar refractivity (Wildman–Crippen MR) is 62.6 cm³/mol. The minimum Gasteiger partial charge on any atom is -0.354 e. The van der Waals surface area contributed by atoms with Gasteiger partial charge in [-0.05, 0) is 18.2 Å². The number of benzene rings is 1. The van der Waals surface area contributed by atoms with Crippen LogP contribution >= 0.6 is 12.4 Å². The summed E-state index contributed by atoms with van der Waals surface area (Å²) < 4.78 is 37.2. The van der Waals surface area contributed by atoms with E-state index in [4.69, 9.17) is 0 Å². The van der Waals surface area contributed by atoms with Gasteiger partial charge in [0.05, 0.1) is 12.1 Å². The van der Waals surface area contributed by atoms with Gasteiger partial charge in [-0.3, -0.25) is 4.99 Å². The van der Waals surface area contributed by atoms with Crippen molar-refractivity contribution in [1.29, 1.82) is 0 Å². The summed E-state index contributed by atoms with van der Waals surface area (Å²) in [6, 6.07) is 5.02. The van der Waals surface area contributed by atoms with Crippen LogP contribution in [0, 0.1) is 0 Å². The van der Waals surface area contributed by atoms with E-state index in [0.717, 1.165) is 12.1 Å². The Hall–Kier alpha value is -1.43. The Bertz CT molecular complexity index is 418. The average molecular weight is 266 g/mol. The van der Waals surface area contributed by atoms with E-state index in [1.165, 1.54) is 6.07 Å². The van der Waals surface area contributed by atoms with Crippen LogP contribution in [0.2, 0.25) is 0 Å². The van der Waals surface area contributed by atoms with Gasteiger partial charge < -0.3 is 10.6 Å². The van der Waals surface area contributed by atoms with Crippen LogP contribution in [-0.4, -0.2) is 19.0 Å². The number of rotatable bonds is 1. The smallest absolute Gasteiger partial charge is 0.354 e. The molecule has 0 bridgehead atoms.